The number of nitrogens with zero attached hydrogens (tertiary/aromatic N) is 4. The number of carboxylic acids is 1. The maximum atomic E-state index is 15.7. The van der Waals surface area contributed by atoms with Gasteiger partial charge in [0.2, 0.25) is 0 Å². The Kier molecular flexibility index (Phi) is 8.07. The van der Waals surface area contributed by atoms with Crippen molar-refractivity contribution in [3.63, 3.8) is 0 Å². The fourth-order valence-electron chi connectivity index (χ4n) is 7.01. The number of carbonyl (C=O) groups excluding carboxylic acids is 1. The molecule has 2 N–H and O–H groups in total. The molecule has 0 spiro atoms. The van der Waals surface area contributed by atoms with E-state index in [9.17, 15) is 19.1 Å². The van der Waals surface area contributed by atoms with E-state index in [0.717, 1.165) is 0 Å². The smallest absolute Gasteiger partial charge is 0.338 e. The van der Waals surface area contributed by atoms with Crippen molar-refractivity contribution in [2.45, 2.75) is 57.2 Å². The Morgan fingerprint density at radius 2 is 2.05 bits per heavy atom. The highest BCUT2D eigenvalue weighted by molar-refractivity contribution is 7.11. The Bertz CT molecular complexity index is 1460. The topological polar surface area (TPSA) is 107 Å². The molecule has 0 amide bonds. The quantitative estimate of drug-likeness (QED) is 0.407. The van der Waals surface area contributed by atoms with Crippen LogP contribution in [-0.4, -0.2) is 88.5 Å². The molecule has 4 heterocycles. The van der Waals surface area contributed by atoms with Crippen LogP contribution in [0, 0.1) is 24.6 Å². The van der Waals surface area contributed by atoms with E-state index in [1.165, 1.54) is 17.4 Å². The standard InChI is InChI=1S/C30H34F3N5O4S/c1-3-42-29(41)23-21(35-26(27-34-8-10-43-27)36-24(23)19-5-4-6-20(31)16(19)2)14-38-15-30(32,33)25-22(38)7-9-37(25)13-17-11-18(12-17)28(39)40/h4-6,8,10,17-18,22,24-25H,3,7,9,11-15H2,1-2H3,(H,35,36)(H,39,40). The first-order valence-electron chi connectivity index (χ1n) is 14.6. The summed E-state index contributed by atoms with van der Waals surface area (Å²) in [6.07, 6.45) is 3.17. The van der Waals surface area contributed by atoms with Gasteiger partial charge in [-0.25, -0.2) is 22.9 Å². The summed E-state index contributed by atoms with van der Waals surface area (Å²) in [5.41, 5.74) is 1.35. The van der Waals surface area contributed by atoms with Crippen molar-refractivity contribution in [3.8, 4) is 0 Å². The summed E-state index contributed by atoms with van der Waals surface area (Å²) >= 11 is 1.34. The molecule has 1 aromatic heterocycles. The summed E-state index contributed by atoms with van der Waals surface area (Å²) in [7, 11) is 0. The molecule has 3 unspecified atom stereocenters. The van der Waals surface area contributed by atoms with Crippen molar-refractivity contribution < 1.29 is 32.6 Å². The lowest BCUT2D eigenvalue weighted by Crippen LogP contribution is -2.49. The van der Waals surface area contributed by atoms with Crippen LogP contribution >= 0.6 is 11.3 Å². The van der Waals surface area contributed by atoms with Crippen molar-refractivity contribution in [2.24, 2.45) is 16.8 Å². The Morgan fingerprint density at radius 1 is 1.26 bits per heavy atom. The van der Waals surface area contributed by atoms with Gasteiger partial charge >= 0.3 is 11.9 Å². The van der Waals surface area contributed by atoms with Gasteiger partial charge in [-0.15, -0.1) is 11.3 Å². The number of ether oxygens (including phenoxy) is 1. The van der Waals surface area contributed by atoms with E-state index in [-0.39, 0.29) is 24.6 Å². The van der Waals surface area contributed by atoms with Crippen LogP contribution < -0.4 is 5.32 Å². The van der Waals surface area contributed by atoms with Gasteiger partial charge in [0.1, 0.15) is 11.9 Å². The number of aromatic nitrogens is 1. The minimum absolute atomic E-state index is 0.0124. The first kappa shape index (κ1) is 29.8. The fraction of sp³-hybridized carbons (Fsp3) is 0.533. The lowest BCUT2D eigenvalue weighted by atomic mass is 9.74. The molecule has 0 bridgehead atoms. The number of aliphatic carboxylic acids is 1. The van der Waals surface area contributed by atoms with Crippen molar-refractivity contribution in [1.29, 1.82) is 0 Å². The number of esters is 1. The predicted octanol–water partition coefficient (Wildman–Crippen LogP) is 4.00. The third-order valence-corrected chi connectivity index (χ3v) is 9.86. The number of aliphatic imine (C=N–C) groups is 1. The van der Waals surface area contributed by atoms with Crippen LogP contribution in [0.25, 0.3) is 0 Å². The highest BCUT2D eigenvalue weighted by Gasteiger charge is 2.60. The third-order valence-electron chi connectivity index (χ3n) is 9.08. The highest BCUT2D eigenvalue weighted by atomic mass is 32.1. The monoisotopic (exact) mass is 617 g/mol. The van der Waals surface area contributed by atoms with Gasteiger partial charge < -0.3 is 15.2 Å². The molecule has 2 saturated heterocycles. The van der Waals surface area contributed by atoms with E-state index in [1.54, 1.807) is 42.5 Å². The molecule has 4 aliphatic rings. The van der Waals surface area contributed by atoms with Gasteiger partial charge in [-0.05, 0) is 56.2 Å². The van der Waals surface area contributed by atoms with Gasteiger partial charge in [-0.1, -0.05) is 12.1 Å². The summed E-state index contributed by atoms with van der Waals surface area (Å²) in [6, 6.07) is 2.21. The van der Waals surface area contributed by atoms with Gasteiger partial charge in [0.25, 0.3) is 5.92 Å². The molecular weight excluding hydrogens is 583 g/mol. The zero-order valence-electron chi connectivity index (χ0n) is 23.9. The molecule has 6 rings (SSSR count). The van der Waals surface area contributed by atoms with Crippen LogP contribution in [0.3, 0.4) is 0 Å². The SMILES string of the molecule is CCOC(=O)C1=C(CN2CC(F)(F)C3C2CCN3CC2CC(C(=O)O)C2)NC(c2nccs2)=NC1c1cccc(F)c1C. The van der Waals surface area contributed by atoms with E-state index >= 15 is 8.78 Å². The van der Waals surface area contributed by atoms with Gasteiger partial charge in [-0.3, -0.25) is 19.6 Å². The Morgan fingerprint density at radius 3 is 2.74 bits per heavy atom. The van der Waals surface area contributed by atoms with Crippen LogP contribution in [0.15, 0.2) is 46.0 Å². The number of likely N-dealkylation sites (tertiary alicyclic amines) is 2. The first-order chi connectivity index (χ1) is 20.6. The lowest BCUT2D eigenvalue weighted by molar-refractivity contribution is -0.147. The summed E-state index contributed by atoms with van der Waals surface area (Å²) in [5, 5.41) is 14.8. The minimum Gasteiger partial charge on any atom is -0.481 e. The lowest BCUT2D eigenvalue weighted by Gasteiger charge is -2.38. The van der Waals surface area contributed by atoms with Crippen LogP contribution in [0.5, 0.6) is 0 Å². The molecule has 1 aromatic carbocycles. The molecule has 43 heavy (non-hydrogen) atoms. The molecule has 9 nitrogen and oxygen atoms in total. The Balaban J connectivity index is 1.32. The largest absolute Gasteiger partial charge is 0.481 e. The van der Waals surface area contributed by atoms with Gasteiger partial charge in [0, 0.05) is 43.0 Å². The number of fused-ring (bicyclic) bond motifs is 1. The number of carboxylic acid groups (broad SMARTS) is 1. The summed E-state index contributed by atoms with van der Waals surface area (Å²) in [4.78, 5) is 37.4. The van der Waals surface area contributed by atoms with Gasteiger partial charge in [0.05, 0.1) is 30.7 Å². The molecule has 2 aromatic rings. The second-order valence-corrected chi connectivity index (χ2v) is 12.6. The van der Waals surface area contributed by atoms with E-state index in [2.05, 4.69) is 10.3 Å². The number of nitrogens with one attached hydrogen (secondary N) is 1. The van der Waals surface area contributed by atoms with Crippen LogP contribution in [-0.2, 0) is 14.3 Å². The molecule has 1 aliphatic carbocycles. The highest BCUT2D eigenvalue weighted by Crippen LogP contribution is 2.45. The van der Waals surface area contributed by atoms with Crippen molar-refractivity contribution >= 4 is 29.1 Å². The minimum atomic E-state index is -3.00. The maximum Gasteiger partial charge on any atom is 0.338 e. The number of alkyl halides is 2. The number of rotatable bonds is 9. The number of hydrogen-bond donors (Lipinski definition) is 2. The maximum absolute atomic E-state index is 15.7. The molecule has 3 atom stereocenters. The molecular formula is C30H34F3N5O4S. The van der Waals surface area contributed by atoms with Crippen molar-refractivity contribution in [3.05, 3.63) is 63.0 Å². The number of hydrogen-bond acceptors (Lipinski definition) is 9. The van der Waals surface area contributed by atoms with Crippen molar-refractivity contribution in [1.82, 2.24) is 20.1 Å². The molecule has 3 fully saturated rings. The van der Waals surface area contributed by atoms with Crippen LogP contribution in [0.1, 0.15) is 48.4 Å². The number of thiazole rings is 1. The van der Waals surface area contributed by atoms with Gasteiger partial charge in [-0.2, -0.15) is 0 Å². The first-order valence-corrected chi connectivity index (χ1v) is 15.4. The number of halogens is 3. The number of amidine groups is 1. The predicted molar refractivity (Wildman–Crippen MR) is 153 cm³/mol. The number of carbonyl (C=O) groups is 2. The second kappa shape index (κ2) is 11.7. The average molecular weight is 618 g/mol. The fourth-order valence-corrected chi connectivity index (χ4v) is 7.60. The summed E-state index contributed by atoms with van der Waals surface area (Å²) < 4.78 is 51.5. The van der Waals surface area contributed by atoms with Crippen LogP contribution in [0.2, 0.25) is 0 Å². The molecule has 0 radical (unpaired) electrons. The molecule has 13 heteroatoms. The summed E-state index contributed by atoms with van der Waals surface area (Å²) in [6.45, 7) is 3.86. The zero-order chi connectivity index (χ0) is 30.5. The van der Waals surface area contributed by atoms with Crippen molar-refractivity contribution in [2.75, 3.05) is 32.8 Å². The average Bonchev–Trinajstić information content (AvgIpc) is 3.66. The molecule has 1 saturated carbocycles. The summed E-state index contributed by atoms with van der Waals surface area (Å²) in [5.74, 6) is -4.84. The van der Waals surface area contributed by atoms with E-state index in [0.29, 0.717) is 60.0 Å². The van der Waals surface area contributed by atoms with E-state index < -0.39 is 54.3 Å². The molecule has 3 aliphatic heterocycles. The number of benzene rings is 1. The Labute approximate surface area is 251 Å². The second-order valence-electron chi connectivity index (χ2n) is 11.7. The van der Waals surface area contributed by atoms with Gasteiger partial charge in [0.15, 0.2) is 10.8 Å². The molecule has 230 valence electrons. The Hall–Kier alpha value is -3.29. The normalized spacial score (nSPS) is 28.7. The van der Waals surface area contributed by atoms with E-state index in [1.807, 2.05) is 4.90 Å². The van der Waals surface area contributed by atoms with Crippen LogP contribution in [0.4, 0.5) is 13.2 Å². The third kappa shape index (κ3) is 5.58. The van der Waals surface area contributed by atoms with E-state index in [4.69, 9.17) is 9.73 Å². The zero-order valence-corrected chi connectivity index (χ0v) is 24.7.